The SMILES string of the molecule is C=C(/C(=C/C=C\C)CCCC)c1ccccc1. The van der Waals surface area contributed by atoms with Crippen LogP contribution in [-0.2, 0) is 0 Å². The molecule has 0 saturated heterocycles. The molecule has 0 fully saturated rings. The Labute approximate surface area is 105 Å². The van der Waals surface area contributed by atoms with Crippen molar-refractivity contribution in [2.75, 3.05) is 0 Å². The van der Waals surface area contributed by atoms with Gasteiger partial charge in [0.05, 0.1) is 0 Å². The summed E-state index contributed by atoms with van der Waals surface area (Å²) < 4.78 is 0. The number of benzene rings is 1. The first-order valence-corrected chi connectivity index (χ1v) is 6.36. The minimum Gasteiger partial charge on any atom is -0.0909 e. The molecule has 0 heteroatoms. The highest BCUT2D eigenvalue weighted by Gasteiger charge is 2.03. The fourth-order valence-corrected chi connectivity index (χ4v) is 1.74. The lowest BCUT2D eigenvalue weighted by atomic mass is 9.95. The number of rotatable bonds is 6. The summed E-state index contributed by atoms with van der Waals surface area (Å²) in [6.07, 6.45) is 9.88. The summed E-state index contributed by atoms with van der Waals surface area (Å²) in [5.74, 6) is 0. The van der Waals surface area contributed by atoms with Crippen molar-refractivity contribution in [3.63, 3.8) is 0 Å². The predicted molar refractivity (Wildman–Crippen MR) is 77.9 cm³/mol. The van der Waals surface area contributed by atoms with Gasteiger partial charge in [-0.15, -0.1) is 0 Å². The summed E-state index contributed by atoms with van der Waals surface area (Å²) in [5, 5.41) is 0. The van der Waals surface area contributed by atoms with Crippen molar-refractivity contribution in [1.82, 2.24) is 0 Å². The molecule has 0 unspecified atom stereocenters. The van der Waals surface area contributed by atoms with Crippen molar-refractivity contribution in [2.24, 2.45) is 0 Å². The van der Waals surface area contributed by atoms with E-state index in [2.05, 4.69) is 56.0 Å². The molecule has 17 heavy (non-hydrogen) atoms. The molecule has 0 heterocycles. The van der Waals surface area contributed by atoms with E-state index in [0.29, 0.717) is 0 Å². The Bertz CT molecular complexity index is 393. The van der Waals surface area contributed by atoms with Gasteiger partial charge in [0.25, 0.3) is 0 Å². The van der Waals surface area contributed by atoms with Gasteiger partial charge in [0.15, 0.2) is 0 Å². The van der Waals surface area contributed by atoms with E-state index < -0.39 is 0 Å². The Morgan fingerprint density at radius 3 is 2.53 bits per heavy atom. The van der Waals surface area contributed by atoms with Crippen LogP contribution in [0, 0.1) is 0 Å². The van der Waals surface area contributed by atoms with Crippen LogP contribution in [0.4, 0.5) is 0 Å². The largest absolute Gasteiger partial charge is 0.0909 e. The fourth-order valence-electron chi connectivity index (χ4n) is 1.74. The fraction of sp³-hybridized carbons (Fsp3) is 0.294. The van der Waals surface area contributed by atoms with Crippen LogP contribution in [0.1, 0.15) is 38.7 Å². The van der Waals surface area contributed by atoms with Gasteiger partial charge in [0, 0.05) is 0 Å². The van der Waals surface area contributed by atoms with Crippen LogP contribution >= 0.6 is 0 Å². The Kier molecular flexibility index (Phi) is 6.09. The van der Waals surface area contributed by atoms with E-state index >= 15 is 0 Å². The molecule has 0 amide bonds. The minimum absolute atomic E-state index is 1.11. The second-order valence-electron chi connectivity index (χ2n) is 4.17. The quantitative estimate of drug-likeness (QED) is 0.570. The molecule has 0 bridgehead atoms. The van der Waals surface area contributed by atoms with Crippen LogP contribution in [0.5, 0.6) is 0 Å². The maximum absolute atomic E-state index is 4.23. The highest BCUT2D eigenvalue weighted by atomic mass is 14.1. The van der Waals surface area contributed by atoms with Gasteiger partial charge in [0.2, 0.25) is 0 Å². The lowest BCUT2D eigenvalue weighted by Gasteiger charge is -2.10. The van der Waals surface area contributed by atoms with Crippen molar-refractivity contribution in [3.05, 3.63) is 66.3 Å². The summed E-state index contributed by atoms with van der Waals surface area (Å²) in [6, 6.07) is 10.4. The van der Waals surface area contributed by atoms with Crippen molar-refractivity contribution in [1.29, 1.82) is 0 Å². The van der Waals surface area contributed by atoms with Gasteiger partial charge in [-0.1, -0.05) is 68.5 Å². The van der Waals surface area contributed by atoms with Gasteiger partial charge < -0.3 is 0 Å². The summed E-state index contributed by atoms with van der Waals surface area (Å²) in [4.78, 5) is 0. The Hall–Kier alpha value is -1.56. The van der Waals surface area contributed by atoms with Crippen LogP contribution in [0.25, 0.3) is 5.57 Å². The topological polar surface area (TPSA) is 0 Å². The van der Waals surface area contributed by atoms with Crippen molar-refractivity contribution >= 4 is 5.57 Å². The van der Waals surface area contributed by atoms with Crippen molar-refractivity contribution in [3.8, 4) is 0 Å². The van der Waals surface area contributed by atoms with E-state index in [9.17, 15) is 0 Å². The molecule has 0 saturated carbocycles. The Morgan fingerprint density at radius 1 is 1.24 bits per heavy atom. The molecule has 0 aliphatic rings. The van der Waals surface area contributed by atoms with E-state index in [1.54, 1.807) is 0 Å². The molecule has 1 aromatic carbocycles. The van der Waals surface area contributed by atoms with Gasteiger partial charge >= 0.3 is 0 Å². The highest BCUT2D eigenvalue weighted by molar-refractivity contribution is 5.77. The molecular formula is C17H22. The molecule has 0 aliphatic carbocycles. The standard InChI is InChI=1S/C17H22/c1-4-6-11-16(12-7-5-2)15(3)17-13-9-8-10-14-17/h4,6,8-11,13-14H,3,5,7,12H2,1-2H3/b6-4-,16-11+. The smallest absolute Gasteiger partial charge is 0.0187 e. The molecule has 0 aliphatic heterocycles. The number of hydrogen-bond acceptors (Lipinski definition) is 0. The normalized spacial score (nSPS) is 12.0. The van der Waals surface area contributed by atoms with Crippen molar-refractivity contribution < 1.29 is 0 Å². The molecule has 0 radical (unpaired) electrons. The lowest BCUT2D eigenvalue weighted by Crippen LogP contribution is -1.89. The van der Waals surface area contributed by atoms with Gasteiger partial charge in [0.1, 0.15) is 0 Å². The van der Waals surface area contributed by atoms with E-state index in [0.717, 1.165) is 12.0 Å². The first-order valence-electron chi connectivity index (χ1n) is 6.36. The second-order valence-corrected chi connectivity index (χ2v) is 4.17. The predicted octanol–water partition coefficient (Wildman–Crippen LogP) is 5.39. The first-order chi connectivity index (χ1) is 8.29. The maximum atomic E-state index is 4.23. The Morgan fingerprint density at radius 2 is 1.94 bits per heavy atom. The molecule has 0 spiro atoms. The van der Waals surface area contributed by atoms with Gasteiger partial charge in [-0.2, -0.15) is 0 Å². The molecule has 0 N–H and O–H groups in total. The van der Waals surface area contributed by atoms with E-state index in [1.807, 2.05) is 13.0 Å². The molecule has 90 valence electrons. The highest BCUT2D eigenvalue weighted by Crippen LogP contribution is 2.25. The number of allylic oxidation sites excluding steroid dienone is 5. The number of unbranched alkanes of at least 4 members (excludes halogenated alkanes) is 1. The van der Waals surface area contributed by atoms with Crippen LogP contribution in [0.3, 0.4) is 0 Å². The summed E-state index contributed by atoms with van der Waals surface area (Å²) >= 11 is 0. The summed E-state index contributed by atoms with van der Waals surface area (Å²) in [5.41, 5.74) is 3.72. The third-order valence-corrected chi connectivity index (χ3v) is 2.80. The van der Waals surface area contributed by atoms with Crippen LogP contribution < -0.4 is 0 Å². The summed E-state index contributed by atoms with van der Waals surface area (Å²) in [6.45, 7) is 8.49. The summed E-state index contributed by atoms with van der Waals surface area (Å²) in [7, 11) is 0. The van der Waals surface area contributed by atoms with Crippen LogP contribution in [0.15, 0.2) is 60.7 Å². The first kappa shape index (κ1) is 13.5. The average Bonchev–Trinajstić information content (AvgIpc) is 2.39. The minimum atomic E-state index is 1.11. The zero-order chi connectivity index (χ0) is 12.5. The van der Waals surface area contributed by atoms with Gasteiger partial charge in [-0.05, 0) is 36.5 Å². The molecular weight excluding hydrogens is 204 g/mol. The van der Waals surface area contributed by atoms with Gasteiger partial charge in [-0.25, -0.2) is 0 Å². The van der Waals surface area contributed by atoms with Crippen LogP contribution in [-0.4, -0.2) is 0 Å². The maximum Gasteiger partial charge on any atom is -0.0187 e. The number of hydrogen-bond donors (Lipinski definition) is 0. The average molecular weight is 226 g/mol. The van der Waals surface area contributed by atoms with Crippen LogP contribution in [0.2, 0.25) is 0 Å². The molecule has 0 aromatic heterocycles. The molecule has 1 rings (SSSR count). The molecule has 0 atom stereocenters. The second kappa shape index (κ2) is 7.67. The monoisotopic (exact) mass is 226 g/mol. The van der Waals surface area contributed by atoms with E-state index in [1.165, 1.54) is 24.0 Å². The van der Waals surface area contributed by atoms with E-state index in [4.69, 9.17) is 0 Å². The zero-order valence-corrected chi connectivity index (χ0v) is 10.9. The van der Waals surface area contributed by atoms with Crippen molar-refractivity contribution in [2.45, 2.75) is 33.1 Å². The lowest BCUT2D eigenvalue weighted by molar-refractivity contribution is 0.800. The zero-order valence-electron chi connectivity index (χ0n) is 10.9. The van der Waals surface area contributed by atoms with Gasteiger partial charge in [-0.3, -0.25) is 0 Å². The third kappa shape index (κ3) is 4.44. The molecule has 1 aromatic rings. The Balaban J connectivity index is 2.87. The molecule has 0 nitrogen and oxygen atoms in total. The van der Waals surface area contributed by atoms with E-state index in [-0.39, 0.29) is 0 Å². The third-order valence-electron chi connectivity index (χ3n) is 2.80.